The fourth-order valence-electron chi connectivity index (χ4n) is 5.29. The van der Waals surface area contributed by atoms with Crippen molar-refractivity contribution in [3.63, 3.8) is 0 Å². The zero-order valence-electron chi connectivity index (χ0n) is 19.6. The number of hydrogen-bond donors (Lipinski definition) is 0. The van der Waals surface area contributed by atoms with E-state index in [4.69, 9.17) is 0 Å². The molecule has 0 saturated heterocycles. The zero-order valence-corrected chi connectivity index (χ0v) is 19.6. The van der Waals surface area contributed by atoms with Gasteiger partial charge in [0.15, 0.2) is 7.28 Å². The molecule has 1 aliphatic rings. The number of hydrogen-bond acceptors (Lipinski definition) is 0. The van der Waals surface area contributed by atoms with Crippen molar-refractivity contribution in [1.82, 2.24) is 4.57 Å². The molecule has 0 bridgehead atoms. The van der Waals surface area contributed by atoms with E-state index in [2.05, 4.69) is 134 Å². The third-order valence-corrected chi connectivity index (χ3v) is 6.93. The van der Waals surface area contributed by atoms with Crippen LogP contribution in [0.1, 0.15) is 18.1 Å². The Morgan fingerprint density at radius 1 is 0.765 bits per heavy atom. The third kappa shape index (κ3) is 3.35. The Balaban J connectivity index is 1.60. The van der Waals surface area contributed by atoms with Gasteiger partial charge in [0.1, 0.15) is 0 Å². The summed E-state index contributed by atoms with van der Waals surface area (Å²) < 4.78 is 2.38. The van der Waals surface area contributed by atoms with Gasteiger partial charge in [-0.3, -0.25) is 0 Å². The number of benzene rings is 4. The highest BCUT2D eigenvalue weighted by atomic mass is 15.0. The van der Waals surface area contributed by atoms with E-state index in [1.807, 2.05) is 0 Å². The summed E-state index contributed by atoms with van der Waals surface area (Å²) in [5, 5.41) is 1.27. The molecule has 0 atom stereocenters. The average Bonchev–Trinajstić information content (AvgIpc) is 3.43. The SMILES string of the molecule is C/C=C\C=C/c1cn(-c2cccc3c2-c2ccccc2B3)c2ccc(-c3ccccc3C)cc12. The highest BCUT2D eigenvalue weighted by Crippen LogP contribution is 2.35. The van der Waals surface area contributed by atoms with Gasteiger partial charge in [-0.1, -0.05) is 102 Å². The monoisotopic (exact) mass is 435 g/mol. The van der Waals surface area contributed by atoms with Gasteiger partial charge in [-0.05, 0) is 59.9 Å². The number of nitrogens with zero attached hydrogens (tertiary/aromatic N) is 1. The van der Waals surface area contributed by atoms with Gasteiger partial charge in [-0.2, -0.15) is 0 Å². The number of allylic oxidation sites excluding steroid dienone is 3. The minimum Gasteiger partial charge on any atom is -0.315 e. The molecule has 34 heavy (non-hydrogen) atoms. The fourth-order valence-corrected chi connectivity index (χ4v) is 5.29. The lowest BCUT2D eigenvalue weighted by molar-refractivity contribution is 1.13. The Bertz CT molecular complexity index is 1600. The molecule has 0 saturated carbocycles. The minimum absolute atomic E-state index is 1.00. The Morgan fingerprint density at radius 2 is 1.56 bits per heavy atom. The Hall–Kier alpha value is -4.04. The number of fused-ring (bicyclic) bond motifs is 4. The molecule has 0 fully saturated rings. The molecule has 4 aromatic carbocycles. The summed E-state index contributed by atoms with van der Waals surface area (Å²) in [5.41, 5.74) is 13.1. The van der Waals surface area contributed by atoms with Gasteiger partial charge in [0.05, 0.1) is 11.2 Å². The molecular formula is C32H26BN. The highest BCUT2D eigenvalue weighted by Gasteiger charge is 2.23. The van der Waals surface area contributed by atoms with Gasteiger partial charge in [-0.15, -0.1) is 0 Å². The molecule has 0 N–H and O–H groups in total. The average molecular weight is 435 g/mol. The second-order valence-electron chi connectivity index (χ2n) is 9.03. The quantitative estimate of drug-likeness (QED) is 0.218. The summed E-state index contributed by atoms with van der Waals surface area (Å²) in [6.07, 6.45) is 10.8. The smallest absolute Gasteiger partial charge is 0.193 e. The lowest BCUT2D eigenvalue weighted by Gasteiger charge is -2.13. The summed E-state index contributed by atoms with van der Waals surface area (Å²) in [7, 11) is 1.00. The number of rotatable bonds is 4. The van der Waals surface area contributed by atoms with Crippen molar-refractivity contribution in [2.24, 2.45) is 0 Å². The van der Waals surface area contributed by atoms with Crippen LogP contribution in [0.4, 0.5) is 0 Å². The van der Waals surface area contributed by atoms with Gasteiger partial charge in [0.25, 0.3) is 0 Å². The third-order valence-electron chi connectivity index (χ3n) is 6.93. The van der Waals surface area contributed by atoms with Crippen LogP contribution < -0.4 is 10.9 Å². The first-order valence-electron chi connectivity index (χ1n) is 12.0. The van der Waals surface area contributed by atoms with Crippen molar-refractivity contribution in [3.8, 4) is 27.9 Å². The highest BCUT2D eigenvalue weighted by molar-refractivity contribution is 6.73. The molecule has 1 nitrogen and oxygen atoms in total. The van der Waals surface area contributed by atoms with Crippen molar-refractivity contribution in [1.29, 1.82) is 0 Å². The molecule has 2 heteroatoms. The molecule has 0 aliphatic carbocycles. The summed E-state index contributed by atoms with van der Waals surface area (Å²) in [6.45, 7) is 4.23. The summed E-state index contributed by atoms with van der Waals surface area (Å²) >= 11 is 0. The van der Waals surface area contributed by atoms with Crippen molar-refractivity contribution in [2.75, 3.05) is 0 Å². The van der Waals surface area contributed by atoms with Crippen LogP contribution in [0.3, 0.4) is 0 Å². The number of aryl methyl sites for hydroxylation is 1. The van der Waals surface area contributed by atoms with E-state index in [0.29, 0.717) is 0 Å². The second-order valence-corrected chi connectivity index (χ2v) is 9.03. The van der Waals surface area contributed by atoms with Crippen molar-refractivity contribution in [3.05, 3.63) is 120 Å². The van der Waals surface area contributed by atoms with E-state index in [1.165, 1.54) is 60.9 Å². The van der Waals surface area contributed by atoms with Crippen molar-refractivity contribution >= 4 is 35.2 Å². The topological polar surface area (TPSA) is 4.93 Å². The van der Waals surface area contributed by atoms with E-state index in [-0.39, 0.29) is 0 Å². The van der Waals surface area contributed by atoms with Crippen LogP contribution >= 0.6 is 0 Å². The first-order chi connectivity index (χ1) is 16.7. The molecule has 0 radical (unpaired) electrons. The van der Waals surface area contributed by atoms with E-state index < -0.39 is 0 Å². The summed E-state index contributed by atoms with van der Waals surface area (Å²) in [4.78, 5) is 0. The number of aromatic nitrogens is 1. The van der Waals surface area contributed by atoms with Gasteiger partial charge >= 0.3 is 0 Å². The molecule has 1 aromatic heterocycles. The van der Waals surface area contributed by atoms with Crippen LogP contribution in [0.2, 0.25) is 0 Å². The predicted molar refractivity (Wildman–Crippen MR) is 149 cm³/mol. The Kier molecular flexibility index (Phi) is 5.07. The van der Waals surface area contributed by atoms with Crippen LogP contribution in [0.5, 0.6) is 0 Å². The largest absolute Gasteiger partial charge is 0.315 e. The maximum Gasteiger partial charge on any atom is 0.193 e. The van der Waals surface area contributed by atoms with Crippen LogP contribution in [0.25, 0.3) is 44.9 Å². The fraction of sp³-hybridized carbons (Fsp3) is 0.0625. The van der Waals surface area contributed by atoms with Gasteiger partial charge in [-0.25, -0.2) is 0 Å². The van der Waals surface area contributed by atoms with Gasteiger partial charge in [0.2, 0.25) is 0 Å². The van der Waals surface area contributed by atoms with Crippen LogP contribution in [-0.4, -0.2) is 11.8 Å². The first-order valence-corrected chi connectivity index (χ1v) is 12.0. The van der Waals surface area contributed by atoms with E-state index >= 15 is 0 Å². The summed E-state index contributed by atoms with van der Waals surface area (Å²) in [6, 6.07) is 31.1. The first kappa shape index (κ1) is 20.6. The molecule has 2 heterocycles. The molecule has 0 spiro atoms. The Morgan fingerprint density at radius 3 is 2.41 bits per heavy atom. The summed E-state index contributed by atoms with van der Waals surface area (Å²) in [5.74, 6) is 0. The zero-order chi connectivity index (χ0) is 23.1. The Labute approximate surface area is 201 Å². The lowest BCUT2D eigenvalue weighted by Crippen LogP contribution is -2.20. The van der Waals surface area contributed by atoms with E-state index in [1.54, 1.807) is 0 Å². The van der Waals surface area contributed by atoms with Crippen LogP contribution in [0, 0.1) is 6.92 Å². The standard InChI is InChI=1S/C32H26BN/c1-3-4-5-12-24-21-34(30-19-18-23(20-27(24)30)25-13-7-6-11-22(25)2)31-17-10-16-29-32(31)26-14-8-9-15-28(26)33-29/h3-21,33H,1-2H3/b4-3-,12-5-. The van der Waals surface area contributed by atoms with Gasteiger partial charge < -0.3 is 4.57 Å². The maximum atomic E-state index is 2.38. The minimum atomic E-state index is 1.00. The van der Waals surface area contributed by atoms with E-state index in [0.717, 1.165) is 7.28 Å². The molecular weight excluding hydrogens is 409 g/mol. The van der Waals surface area contributed by atoms with Crippen molar-refractivity contribution < 1.29 is 0 Å². The molecule has 1 aliphatic heterocycles. The normalized spacial score (nSPS) is 12.4. The molecule has 0 amide bonds. The van der Waals surface area contributed by atoms with Gasteiger partial charge in [0, 0.05) is 17.1 Å². The predicted octanol–water partition coefficient (Wildman–Crippen LogP) is 6.56. The van der Waals surface area contributed by atoms with Crippen LogP contribution in [-0.2, 0) is 0 Å². The van der Waals surface area contributed by atoms with Crippen molar-refractivity contribution in [2.45, 2.75) is 13.8 Å². The van der Waals surface area contributed by atoms with E-state index in [9.17, 15) is 0 Å². The van der Waals surface area contributed by atoms with Crippen LogP contribution in [0.15, 0.2) is 109 Å². The molecule has 6 rings (SSSR count). The molecule has 0 unspecified atom stereocenters. The molecule has 5 aromatic rings. The second kappa shape index (κ2) is 8.39. The lowest BCUT2D eigenvalue weighted by atomic mass is 9.68. The maximum absolute atomic E-state index is 2.38. The molecule has 162 valence electrons.